The normalized spacial score (nSPS) is 13.2. The first-order chi connectivity index (χ1) is 19.6. The molecule has 0 atom stereocenters. The van der Waals surface area contributed by atoms with Gasteiger partial charge < -0.3 is 5.73 Å². The van der Waals surface area contributed by atoms with Gasteiger partial charge in [-0.1, -0.05) is 106 Å². The first kappa shape index (κ1) is 24.6. The number of carbonyl (C=O) groups excluding carboxylic acids is 2. The number of anilines is 1. The molecule has 0 fully saturated rings. The van der Waals surface area contributed by atoms with Crippen molar-refractivity contribution in [1.82, 2.24) is 5.32 Å². The molecule has 1 aliphatic rings. The SMILES string of the molecule is CCCCCCCCc1ccc(-c2c3c4c(ccc5c6cccc7cccc(c(c2N)c45)c76)C(=O)NC3=O)cc1. The van der Waals surface area contributed by atoms with Gasteiger partial charge in [-0.3, -0.25) is 14.9 Å². The number of rotatable bonds is 8. The van der Waals surface area contributed by atoms with Crippen molar-refractivity contribution in [1.29, 1.82) is 0 Å². The van der Waals surface area contributed by atoms with E-state index in [9.17, 15) is 9.59 Å². The molecule has 0 saturated carbocycles. The molecule has 198 valence electrons. The van der Waals surface area contributed by atoms with Crippen molar-refractivity contribution in [3.05, 3.63) is 89.5 Å². The van der Waals surface area contributed by atoms with E-state index in [1.165, 1.54) is 44.1 Å². The lowest BCUT2D eigenvalue weighted by atomic mass is 9.80. The third kappa shape index (κ3) is 3.66. The van der Waals surface area contributed by atoms with E-state index >= 15 is 0 Å². The fourth-order valence-corrected chi connectivity index (χ4v) is 6.82. The summed E-state index contributed by atoms with van der Waals surface area (Å²) in [5.74, 6) is -0.756. The second-order valence-electron chi connectivity index (χ2n) is 11.2. The quantitative estimate of drug-likeness (QED) is 0.0687. The molecule has 0 radical (unpaired) electrons. The number of benzene rings is 6. The molecular weight excluding hydrogens is 492 g/mol. The largest absolute Gasteiger partial charge is 0.398 e. The molecule has 1 aliphatic heterocycles. The highest BCUT2D eigenvalue weighted by atomic mass is 16.2. The molecule has 3 N–H and O–H groups in total. The number of imide groups is 1. The number of amides is 2. The first-order valence-corrected chi connectivity index (χ1v) is 14.5. The number of nitrogens with one attached hydrogen (secondary N) is 1. The van der Waals surface area contributed by atoms with Crippen LogP contribution in [0, 0.1) is 0 Å². The number of hydrogen-bond donors (Lipinski definition) is 2. The van der Waals surface area contributed by atoms with Crippen LogP contribution in [0.5, 0.6) is 0 Å². The van der Waals surface area contributed by atoms with Gasteiger partial charge in [0.15, 0.2) is 0 Å². The predicted molar refractivity (Wildman–Crippen MR) is 166 cm³/mol. The van der Waals surface area contributed by atoms with Gasteiger partial charge in [0.2, 0.25) is 0 Å². The molecule has 0 saturated heterocycles. The van der Waals surface area contributed by atoms with E-state index in [-0.39, 0.29) is 5.91 Å². The Labute approximate surface area is 233 Å². The molecule has 6 aromatic carbocycles. The second kappa shape index (κ2) is 9.63. The van der Waals surface area contributed by atoms with Crippen LogP contribution in [0.2, 0.25) is 0 Å². The summed E-state index contributed by atoms with van der Waals surface area (Å²) in [6.07, 6.45) is 8.65. The Hall–Kier alpha value is -4.44. The minimum absolute atomic E-state index is 0.364. The van der Waals surface area contributed by atoms with Crippen molar-refractivity contribution in [2.24, 2.45) is 0 Å². The highest BCUT2D eigenvalue weighted by Gasteiger charge is 2.32. The summed E-state index contributed by atoms with van der Waals surface area (Å²) in [4.78, 5) is 26.6. The molecule has 6 aromatic rings. The molecule has 0 bridgehead atoms. The minimum Gasteiger partial charge on any atom is -0.398 e. The van der Waals surface area contributed by atoms with Gasteiger partial charge in [0.25, 0.3) is 11.8 Å². The highest BCUT2D eigenvalue weighted by molar-refractivity contribution is 6.42. The number of carbonyl (C=O) groups is 2. The van der Waals surface area contributed by atoms with E-state index in [0.29, 0.717) is 27.8 Å². The zero-order valence-corrected chi connectivity index (χ0v) is 22.8. The third-order valence-corrected chi connectivity index (χ3v) is 8.72. The standard InChI is InChI=1S/C36H32N2O2/c1-2-3-4-5-6-7-10-21-15-17-23(18-16-21)29-33-31-27(35(39)38-36(33)40)20-19-25-24-13-8-11-22-12-9-14-26(28(22)24)32(30(25)31)34(29)37/h8-9,11-20H,2-7,10,37H2,1H3,(H,38,39,40). The van der Waals surface area contributed by atoms with Crippen LogP contribution in [0.4, 0.5) is 5.69 Å². The zero-order valence-electron chi connectivity index (χ0n) is 22.8. The smallest absolute Gasteiger partial charge is 0.259 e. The summed E-state index contributed by atoms with van der Waals surface area (Å²) in [5.41, 5.74) is 11.6. The maximum Gasteiger partial charge on any atom is 0.259 e. The summed E-state index contributed by atoms with van der Waals surface area (Å²) in [7, 11) is 0. The Morgan fingerprint density at radius 3 is 2.10 bits per heavy atom. The van der Waals surface area contributed by atoms with Gasteiger partial charge in [-0.15, -0.1) is 0 Å². The van der Waals surface area contributed by atoms with Crippen molar-refractivity contribution >= 4 is 60.6 Å². The summed E-state index contributed by atoms with van der Waals surface area (Å²) >= 11 is 0. The van der Waals surface area contributed by atoms with Crippen LogP contribution in [0.15, 0.2) is 72.8 Å². The van der Waals surface area contributed by atoms with E-state index in [4.69, 9.17) is 5.73 Å². The molecule has 40 heavy (non-hydrogen) atoms. The lowest BCUT2D eigenvalue weighted by Crippen LogP contribution is -2.35. The Bertz CT molecular complexity index is 1950. The molecule has 0 aromatic heterocycles. The van der Waals surface area contributed by atoms with Gasteiger partial charge in [-0.25, -0.2) is 0 Å². The molecule has 0 aliphatic carbocycles. The molecule has 0 spiro atoms. The topological polar surface area (TPSA) is 72.2 Å². The van der Waals surface area contributed by atoms with Crippen molar-refractivity contribution in [2.75, 3.05) is 5.73 Å². The number of unbranched alkanes of at least 4 members (excludes halogenated alkanes) is 5. The van der Waals surface area contributed by atoms with Gasteiger partial charge in [-0.2, -0.15) is 0 Å². The lowest BCUT2D eigenvalue weighted by Gasteiger charge is -2.25. The maximum atomic E-state index is 13.5. The predicted octanol–water partition coefficient (Wildman–Crippen LogP) is 8.77. The van der Waals surface area contributed by atoms with E-state index in [1.54, 1.807) is 0 Å². The van der Waals surface area contributed by atoms with Gasteiger partial charge in [0.05, 0.1) is 5.56 Å². The Morgan fingerprint density at radius 1 is 0.625 bits per heavy atom. The highest BCUT2D eigenvalue weighted by Crippen LogP contribution is 2.49. The summed E-state index contributed by atoms with van der Waals surface area (Å²) in [5, 5.41) is 10.5. The number of nitrogen functional groups attached to an aromatic ring is 1. The van der Waals surface area contributed by atoms with Gasteiger partial charge in [0.1, 0.15) is 0 Å². The van der Waals surface area contributed by atoms with E-state index in [2.05, 4.69) is 72.9 Å². The Morgan fingerprint density at radius 2 is 1.32 bits per heavy atom. The second-order valence-corrected chi connectivity index (χ2v) is 11.2. The summed E-state index contributed by atoms with van der Waals surface area (Å²) in [6, 6.07) is 24.9. The third-order valence-electron chi connectivity index (χ3n) is 8.72. The number of aryl methyl sites for hydroxylation is 1. The molecule has 4 nitrogen and oxygen atoms in total. The van der Waals surface area contributed by atoms with Crippen LogP contribution in [-0.2, 0) is 6.42 Å². The van der Waals surface area contributed by atoms with Gasteiger partial charge >= 0.3 is 0 Å². The first-order valence-electron chi connectivity index (χ1n) is 14.5. The molecule has 1 heterocycles. The van der Waals surface area contributed by atoms with Crippen molar-refractivity contribution in [3.63, 3.8) is 0 Å². The van der Waals surface area contributed by atoms with E-state index in [0.717, 1.165) is 49.7 Å². The zero-order chi connectivity index (χ0) is 27.4. The van der Waals surface area contributed by atoms with E-state index in [1.807, 2.05) is 12.1 Å². The minimum atomic E-state index is -0.392. The number of nitrogens with two attached hydrogens (primary N) is 1. The summed E-state index contributed by atoms with van der Waals surface area (Å²) in [6.45, 7) is 2.24. The van der Waals surface area contributed by atoms with Gasteiger partial charge in [-0.05, 0) is 57.0 Å². The van der Waals surface area contributed by atoms with Crippen molar-refractivity contribution in [2.45, 2.75) is 51.9 Å². The fraction of sp³-hybridized carbons (Fsp3) is 0.222. The lowest BCUT2D eigenvalue weighted by molar-refractivity contribution is 0.0845. The maximum absolute atomic E-state index is 13.5. The number of hydrogen-bond acceptors (Lipinski definition) is 3. The van der Waals surface area contributed by atoms with Crippen LogP contribution < -0.4 is 11.1 Å². The average Bonchev–Trinajstić information content (AvgIpc) is 2.97. The molecule has 7 rings (SSSR count). The number of fused-ring (bicyclic) bond motifs is 2. The Kier molecular flexibility index (Phi) is 5.92. The van der Waals surface area contributed by atoms with Crippen molar-refractivity contribution in [3.8, 4) is 11.1 Å². The fourth-order valence-electron chi connectivity index (χ4n) is 6.82. The monoisotopic (exact) mass is 524 g/mol. The van der Waals surface area contributed by atoms with Crippen LogP contribution in [0.3, 0.4) is 0 Å². The van der Waals surface area contributed by atoms with Crippen LogP contribution >= 0.6 is 0 Å². The molecular formula is C36H32N2O2. The van der Waals surface area contributed by atoms with Crippen molar-refractivity contribution < 1.29 is 9.59 Å². The van der Waals surface area contributed by atoms with Crippen LogP contribution in [-0.4, -0.2) is 11.8 Å². The molecule has 0 unspecified atom stereocenters. The molecule has 4 heteroatoms. The van der Waals surface area contributed by atoms with Gasteiger partial charge in [0, 0.05) is 33.0 Å². The average molecular weight is 525 g/mol. The van der Waals surface area contributed by atoms with Crippen LogP contribution in [0.25, 0.3) is 54.2 Å². The van der Waals surface area contributed by atoms with Crippen LogP contribution in [0.1, 0.15) is 71.7 Å². The summed E-state index contributed by atoms with van der Waals surface area (Å²) < 4.78 is 0. The Balaban J connectivity index is 1.45. The molecule has 2 amide bonds. The van der Waals surface area contributed by atoms with E-state index < -0.39 is 5.91 Å².